The number of aromatic amines is 1. The van der Waals surface area contributed by atoms with Gasteiger partial charge >= 0.3 is 0 Å². The van der Waals surface area contributed by atoms with Crippen molar-refractivity contribution in [3.8, 4) is 0 Å². The summed E-state index contributed by atoms with van der Waals surface area (Å²) in [4.78, 5) is 19.3. The van der Waals surface area contributed by atoms with Crippen molar-refractivity contribution in [1.82, 2.24) is 9.97 Å². The lowest BCUT2D eigenvalue weighted by Crippen LogP contribution is -2.22. The topological polar surface area (TPSA) is 103 Å². The van der Waals surface area contributed by atoms with Crippen LogP contribution in [0.4, 0.5) is 11.6 Å². The fourth-order valence-electron chi connectivity index (χ4n) is 2.28. The monoisotopic (exact) mass is 397 g/mol. The van der Waals surface area contributed by atoms with Gasteiger partial charge in [0.25, 0.3) is 5.56 Å². The van der Waals surface area contributed by atoms with Gasteiger partial charge in [-0.2, -0.15) is 0 Å². The van der Waals surface area contributed by atoms with Crippen molar-refractivity contribution in [3.63, 3.8) is 0 Å². The van der Waals surface area contributed by atoms with Gasteiger partial charge < -0.3 is 20.8 Å². The van der Waals surface area contributed by atoms with Crippen molar-refractivity contribution in [2.24, 2.45) is 0 Å². The van der Waals surface area contributed by atoms with Gasteiger partial charge in [-0.3, -0.25) is 9.78 Å². The van der Waals surface area contributed by atoms with Crippen LogP contribution in [0.3, 0.4) is 0 Å². The van der Waals surface area contributed by atoms with E-state index in [2.05, 4.69) is 20.6 Å². The van der Waals surface area contributed by atoms with Gasteiger partial charge in [0.1, 0.15) is 11.4 Å². The molecule has 0 aliphatic rings. The number of nitrogens with zero attached hydrogens (tertiary/aromatic N) is 1. The maximum Gasteiger partial charge on any atom is 0.276 e. The van der Waals surface area contributed by atoms with Gasteiger partial charge in [0.15, 0.2) is 0 Å². The highest BCUT2D eigenvalue weighted by atomic mass is 35.5. The lowest BCUT2D eigenvalue weighted by Gasteiger charge is -2.12. The number of H-pyrrole nitrogens is 1. The molecule has 2 rings (SSSR count). The molecule has 0 aliphatic carbocycles. The van der Waals surface area contributed by atoms with Gasteiger partial charge in [0.05, 0.1) is 22.4 Å². The van der Waals surface area contributed by atoms with E-state index < -0.39 is 0 Å². The van der Waals surface area contributed by atoms with Gasteiger partial charge in [-0.25, -0.2) is 4.98 Å². The summed E-state index contributed by atoms with van der Waals surface area (Å²) in [6.07, 6.45) is 0.366. The van der Waals surface area contributed by atoms with Crippen LogP contribution in [0.1, 0.15) is 24.6 Å². The van der Waals surface area contributed by atoms with Gasteiger partial charge in [0.2, 0.25) is 5.95 Å². The summed E-state index contributed by atoms with van der Waals surface area (Å²) in [5.41, 5.74) is 1.31. The Bertz CT molecular complexity index is 838. The number of hydrogen-bond acceptors (Lipinski definition) is 6. The molecule has 7 nitrogen and oxygen atoms in total. The summed E-state index contributed by atoms with van der Waals surface area (Å²) >= 11 is 11.9. The first kappa shape index (κ1) is 20.2. The largest absolute Gasteiger partial charge is 0.382 e. The fraction of sp³-hybridized carbons (Fsp3) is 0.353. The number of ether oxygens (including phenoxy) is 1. The number of nitrogens with one attached hydrogen (secondary N) is 4. The highest BCUT2D eigenvalue weighted by Gasteiger charge is 2.15. The molecule has 0 amide bonds. The first-order valence-electron chi connectivity index (χ1n) is 8.11. The third kappa shape index (κ3) is 5.20. The zero-order valence-electron chi connectivity index (χ0n) is 14.6. The van der Waals surface area contributed by atoms with Gasteiger partial charge in [-0.15, -0.1) is 0 Å². The molecule has 0 spiro atoms. The van der Waals surface area contributed by atoms with E-state index >= 15 is 0 Å². The van der Waals surface area contributed by atoms with Gasteiger partial charge in [-0.1, -0.05) is 29.3 Å². The van der Waals surface area contributed by atoms with Gasteiger partial charge in [-0.05, 0) is 24.6 Å². The molecule has 0 radical (unpaired) electrons. The molecular weight excluding hydrogens is 377 g/mol. The molecule has 0 aliphatic heterocycles. The molecule has 1 aromatic heterocycles. The van der Waals surface area contributed by atoms with E-state index in [9.17, 15) is 4.79 Å². The second-order valence-electron chi connectivity index (χ2n) is 5.42. The van der Waals surface area contributed by atoms with Crippen molar-refractivity contribution < 1.29 is 4.74 Å². The molecule has 0 saturated carbocycles. The molecular formula is C17H21Cl2N5O2. The quantitative estimate of drug-likeness (QED) is 0.382. The Morgan fingerprint density at radius 2 is 2.12 bits per heavy atom. The Kier molecular flexibility index (Phi) is 7.44. The summed E-state index contributed by atoms with van der Waals surface area (Å²) in [6.45, 7) is 3.26. The highest BCUT2D eigenvalue weighted by Crippen LogP contribution is 2.23. The Labute approximate surface area is 161 Å². The molecule has 26 heavy (non-hydrogen) atoms. The number of aromatic nitrogens is 2. The standard InChI is InChI=1S/C17H21Cl2N5O2/c1-3-26-7-6-13(20)14-15(21-2)16(25)24-17(23-14)22-9-10-4-5-11(18)12(19)8-10/h4-5,8,20-21H,3,6-7,9H2,1-2H3,(H2,22,23,24,25). The summed E-state index contributed by atoms with van der Waals surface area (Å²) in [5, 5.41) is 15.0. The lowest BCUT2D eigenvalue weighted by molar-refractivity contribution is 0.155. The number of rotatable bonds is 9. The van der Waals surface area contributed by atoms with Crippen LogP contribution in [0.5, 0.6) is 0 Å². The number of hydrogen-bond donors (Lipinski definition) is 4. The summed E-state index contributed by atoms with van der Waals surface area (Å²) in [6, 6.07) is 5.27. The molecule has 0 bridgehead atoms. The zero-order valence-corrected chi connectivity index (χ0v) is 16.1. The molecule has 4 N–H and O–H groups in total. The fourth-order valence-corrected chi connectivity index (χ4v) is 2.60. The Morgan fingerprint density at radius 1 is 1.35 bits per heavy atom. The average molecular weight is 398 g/mol. The molecule has 2 aromatic rings. The first-order valence-corrected chi connectivity index (χ1v) is 8.87. The smallest absolute Gasteiger partial charge is 0.276 e. The number of halogens is 2. The lowest BCUT2D eigenvalue weighted by atomic mass is 10.1. The van der Waals surface area contributed by atoms with Crippen molar-refractivity contribution in [1.29, 1.82) is 5.41 Å². The normalized spacial score (nSPS) is 10.6. The molecule has 9 heteroatoms. The Balaban J connectivity index is 2.19. The van der Waals surface area contributed by atoms with Crippen LogP contribution >= 0.6 is 23.2 Å². The highest BCUT2D eigenvalue weighted by molar-refractivity contribution is 6.42. The minimum absolute atomic E-state index is 0.228. The number of anilines is 2. The molecule has 0 saturated heterocycles. The van der Waals surface area contributed by atoms with Gasteiger partial charge in [0, 0.05) is 26.6 Å². The Morgan fingerprint density at radius 3 is 2.77 bits per heavy atom. The van der Waals surface area contributed by atoms with Crippen LogP contribution < -0.4 is 16.2 Å². The third-order valence-electron chi connectivity index (χ3n) is 3.60. The van der Waals surface area contributed by atoms with E-state index in [0.717, 1.165) is 5.56 Å². The van der Waals surface area contributed by atoms with E-state index in [1.165, 1.54) is 0 Å². The second-order valence-corrected chi connectivity index (χ2v) is 6.23. The van der Waals surface area contributed by atoms with Crippen molar-refractivity contribution in [2.75, 3.05) is 30.9 Å². The third-order valence-corrected chi connectivity index (χ3v) is 4.34. The Hall–Kier alpha value is -2.09. The van der Waals surface area contributed by atoms with E-state index in [0.29, 0.717) is 41.9 Å². The van der Waals surface area contributed by atoms with Crippen LogP contribution in [0.15, 0.2) is 23.0 Å². The van der Waals surface area contributed by atoms with Crippen LogP contribution in [0.25, 0.3) is 0 Å². The minimum Gasteiger partial charge on any atom is -0.382 e. The molecule has 1 heterocycles. The molecule has 1 aromatic carbocycles. The van der Waals surface area contributed by atoms with E-state index in [-0.39, 0.29) is 22.9 Å². The van der Waals surface area contributed by atoms with E-state index in [1.54, 1.807) is 19.2 Å². The summed E-state index contributed by atoms with van der Waals surface area (Å²) in [7, 11) is 1.62. The van der Waals surface area contributed by atoms with Crippen LogP contribution in [0.2, 0.25) is 10.0 Å². The molecule has 140 valence electrons. The average Bonchev–Trinajstić information content (AvgIpc) is 2.62. The maximum absolute atomic E-state index is 12.3. The number of benzene rings is 1. The molecule has 0 atom stereocenters. The van der Waals surface area contributed by atoms with Crippen molar-refractivity contribution in [3.05, 3.63) is 49.9 Å². The molecule has 0 unspecified atom stereocenters. The second kappa shape index (κ2) is 9.56. The summed E-state index contributed by atoms with van der Waals surface area (Å²) < 4.78 is 5.27. The van der Waals surface area contributed by atoms with E-state index in [1.807, 2.05) is 13.0 Å². The van der Waals surface area contributed by atoms with Crippen LogP contribution in [0, 0.1) is 5.41 Å². The minimum atomic E-state index is -0.352. The maximum atomic E-state index is 12.3. The predicted octanol–water partition coefficient (Wildman–Crippen LogP) is 3.52. The SMILES string of the molecule is CCOCCC(=N)c1nc(NCc2ccc(Cl)c(Cl)c2)[nH]c(=O)c1NC. The van der Waals surface area contributed by atoms with Crippen LogP contribution in [-0.4, -0.2) is 35.9 Å². The van der Waals surface area contributed by atoms with Crippen LogP contribution in [-0.2, 0) is 11.3 Å². The summed E-state index contributed by atoms with van der Waals surface area (Å²) in [5.74, 6) is 0.274. The van der Waals surface area contributed by atoms with Crippen molar-refractivity contribution >= 4 is 40.5 Å². The zero-order chi connectivity index (χ0) is 19.1. The van der Waals surface area contributed by atoms with E-state index in [4.69, 9.17) is 33.3 Å². The first-order chi connectivity index (χ1) is 12.5. The van der Waals surface area contributed by atoms with Crippen molar-refractivity contribution in [2.45, 2.75) is 19.9 Å². The molecule has 0 fully saturated rings. The predicted molar refractivity (Wildman–Crippen MR) is 106 cm³/mol.